The SMILES string of the molecule is CC(=O)OCCc1ccc(S(=O)(=O)O)c2ccccc12.[H-].[K+]. The fraction of sp³-hybridized carbons (Fsp3) is 0.214. The largest absolute Gasteiger partial charge is 1.00 e. The molecule has 0 bridgehead atoms. The molecule has 0 aliphatic carbocycles. The summed E-state index contributed by atoms with van der Waals surface area (Å²) in [7, 11) is -4.27. The summed E-state index contributed by atoms with van der Waals surface area (Å²) in [5.74, 6) is -0.358. The number of hydrogen-bond donors (Lipinski definition) is 1. The van der Waals surface area contributed by atoms with Crippen LogP contribution in [0.1, 0.15) is 13.9 Å². The molecule has 0 aliphatic rings. The molecule has 0 aromatic heterocycles. The summed E-state index contributed by atoms with van der Waals surface area (Å²) in [6.07, 6.45) is 0.478. The quantitative estimate of drug-likeness (QED) is 0.455. The van der Waals surface area contributed by atoms with E-state index in [2.05, 4.69) is 0 Å². The van der Waals surface area contributed by atoms with Gasteiger partial charge in [0.15, 0.2) is 0 Å². The van der Waals surface area contributed by atoms with E-state index in [1.807, 2.05) is 0 Å². The maximum Gasteiger partial charge on any atom is 1.00 e. The van der Waals surface area contributed by atoms with Crippen molar-refractivity contribution in [2.45, 2.75) is 18.2 Å². The number of ether oxygens (including phenoxy) is 1. The summed E-state index contributed by atoms with van der Waals surface area (Å²) in [5.41, 5.74) is 0.856. The normalized spacial score (nSPS) is 11.0. The number of benzene rings is 2. The van der Waals surface area contributed by atoms with Gasteiger partial charge in [-0.2, -0.15) is 8.42 Å². The van der Waals surface area contributed by atoms with Crippen LogP contribution in [0, 0.1) is 0 Å². The van der Waals surface area contributed by atoms with E-state index in [0.717, 1.165) is 10.9 Å². The third-order valence-corrected chi connectivity index (χ3v) is 3.84. The molecule has 0 fully saturated rings. The van der Waals surface area contributed by atoms with Crippen molar-refractivity contribution in [2.24, 2.45) is 0 Å². The number of fused-ring (bicyclic) bond motifs is 1. The minimum absolute atomic E-state index is 0. The zero-order chi connectivity index (χ0) is 14.8. The monoisotopic (exact) mass is 334 g/mol. The summed E-state index contributed by atoms with van der Waals surface area (Å²) in [6.45, 7) is 1.56. The van der Waals surface area contributed by atoms with Gasteiger partial charge in [-0.15, -0.1) is 0 Å². The molecule has 0 saturated carbocycles. The Kier molecular flexibility index (Phi) is 6.99. The molecule has 0 radical (unpaired) electrons. The molecule has 1 N–H and O–H groups in total. The van der Waals surface area contributed by atoms with Crippen LogP contribution in [0.4, 0.5) is 0 Å². The van der Waals surface area contributed by atoms with Crippen molar-refractivity contribution in [3.8, 4) is 0 Å². The van der Waals surface area contributed by atoms with Gasteiger partial charge < -0.3 is 6.16 Å². The van der Waals surface area contributed by atoms with Crippen molar-refractivity contribution in [1.29, 1.82) is 0 Å². The molecule has 21 heavy (non-hydrogen) atoms. The topological polar surface area (TPSA) is 80.7 Å². The van der Waals surface area contributed by atoms with Gasteiger partial charge in [-0.1, -0.05) is 30.3 Å². The van der Waals surface area contributed by atoms with Crippen LogP contribution in [-0.4, -0.2) is 25.5 Å². The van der Waals surface area contributed by atoms with Gasteiger partial charge in [-0.05, 0) is 17.0 Å². The molecule has 0 saturated heterocycles. The van der Waals surface area contributed by atoms with Crippen LogP contribution in [0.25, 0.3) is 10.8 Å². The van der Waals surface area contributed by atoms with Crippen LogP contribution >= 0.6 is 0 Å². The van der Waals surface area contributed by atoms with Crippen molar-refractivity contribution in [2.75, 3.05) is 6.61 Å². The molecule has 0 atom stereocenters. The molecule has 2 aromatic carbocycles. The molecule has 0 aliphatic heterocycles. The van der Waals surface area contributed by atoms with Crippen molar-refractivity contribution >= 4 is 26.9 Å². The minimum Gasteiger partial charge on any atom is -1.00 e. The third kappa shape index (κ3) is 4.85. The molecule has 0 spiro atoms. The van der Waals surface area contributed by atoms with Gasteiger partial charge in [0.1, 0.15) is 4.90 Å². The number of hydrogen-bond acceptors (Lipinski definition) is 4. The number of carbonyl (C=O) groups is 1. The predicted molar refractivity (Wildman–Crippen MR) is 75.2 cm³/mol. The maximum atomic E-state index is 11.3. The van der Waals surface area contributed by atoms with Crippen LogP contribution in [0.5, 0.6) is 0 Å². The van der Waals surface area contributed by atoms with Crippen LogP contribution in [0.2, 0.25) is 0 Å². The van der Waals surface area contributed by atoms with Crippen LogP contribution in [0.3, 0.4) is 0 Å². The fourth-order valence-electron chi connectivity index (χ4n) is 2.08. The van der Waals surface area contributed by atoms with Gasteiger partial charge >= 0.3 is 57.4 Å². The molecular formula is C14H15KO5S. The molecule has 0 unspecified atom stereocenters. The first-order chi connectivity index (χ1) is 9.39. The second-order valence-electron chi connectivity index (χ2n) is 4.33. The standard InChI is InChI=1S/C14H14O5S.K.H/c1-10(15)19-9-8-11-6-7-14(20(16,17)18)13-5-3-2-4-12(11)13;;/h2-7H,8-9H2,1H3,(H,16,17,18);;/q;+1;-1. The Morgan fingerprint density at radius 3 is 2.38 bits per heavy atom. The summed E-state index contributed by atoms with van der Waals surface area (Å²) >= 11 is 0. The molecule has 7 heteroatoms. The first-order valence-electron chi connectivity index (χ1n) is 6.01. The Morgan fingerprint density at radius 2 is 1.81 bits per heavy atom. The van der Waals surface area contributed by atoms with Crippen LogP contribution in [-0.2, 0) is 26.1 Å². The maximum absolute atomic E-state index is 11.3. The number of esters is 1. The molecule has 2 aromatic rings. The smallest absolute Gasteiger partial charge is 1.00 e. The van der Waals surface area contributed by atoms with Gasteiger partial charge in [0.2, 0.25) is 0 Å². The fourth-order valence-corrected chi connectivity index (χ4v) is 2.78. The van der Waals surface area contributed by atoms with Gasteiger partial charge in [0.05, 0.1) is 6.61 Å². The van der Waals surface area contributed by atoms with E-state index in [1.54, 1.807) is 30.3 Å². The zero-order valence-electron chi connectivity index (χ0n) is 12.9. The summed E-state index contributed by atoms with van der Waals surface area (Å²) in [4.78, 5) is 10.6. The van der Waals surface area contributed by atoms with Crippen LogP contribution in [0.15, 0.2) is 41.3 Å². The summed E-state index contributed by atoms with van der Waals surface area (Å²) in [6, 6.07) is 9.87. The van der Waals surface area contributed by atoms with Crippen LogP contribution < -0.4 is 51.4 Å². The van der Waals surface area contributed by atoms with E-state index >= 15 is 0 Å². The van der Waals surface area contributed by atoms with E-state index in [-0.39, 0.29) is 70.3 Å². The van der Waals surface area contributed by atoms with Crippen molar-refractivity contribution in [1.82, 2.24) is 0 Å². The Morgan fingerprint density at radius 1 is 1.19 bits per heavy atom. The molecule has 5 nitrogen and oxygen atoms in total. The Balaban J connectivity index is 0.00000220. The Labute approximate surface area is 167 Å². The molecule has 108 valence electrons. The van der Waals surface area contributed by atoms with Gasteiger partial charge in [-0.3, -0.25) is 9.35 Å². The average molecular weight is 334 g/mol. The second-order valence-corrected chi connectivity index (χ2v) is 5.72. The number of rotatable bonds is 4. The second kappa shape index (κ2) is 7.82. The van der Waals surface area contributed by atoms with Crippen molar-refractivity contribution in [3.05, 3.63) is 42.0 Å². The van der Waals surface area contributed by atoms with E-state index in [4.69, 9.17) is 4.74 Å². The number of carbonyl (C=O) groups excluding carboxylic acids is 1. The van der Waals surface area contributed by atoms with E-state index in [9.17, 15) is 17.8 Å². The van der Waals surface area contributed by atoms with Crippen molar-refractivity contribution < 1.29 is 75.3 Å². The average Bonchev–Trinajstić information content (AvgIpc) is 2.37. The summed E-state index contributed by atoms with van der Waals surface area (Å²) in [5, 5.41) is 1.17. The zero-order valence-corrected chi connectivity index (χ0v) is 15.8. The molecule has 2 rings (SSSR count). The van der Waals surface area contributed by atoms with Gasteiger partial charge in [-0.25, -0.2) is 0 Å². The first-order valence-corrected chi connectivity index (χ1v) is 7.45. The van der Waals surface area contributed by atoms with E-state index in [0.29, 0.717) is 11.8 Å². The van der Waals surface area contributed by atoms with E-state index < -0.39 is 10.1 Å². The molecular weight excluding hydrogens is 319 g/mol. The Bertz CT molecular complexity index is 761. The van der Waals surface area contributed by atoms with Gasteiger partial charge in [0.25, 0.3) is 10.1 Å². The van der Waals surface area contributed by atoms with Crippen molar-refractivity contribution in [3.63, 3.8) is 0 Å². The molecule has 0 amide bonds. The minimum atomic E-state index is -4.27. The van der Waals surface area contributed by atoms with E-state index in [1.165, 1.54) is 13.0 Å². The first kappa shape index (κ1) is 18.8. The molecule has 0 heterocycles. The van der Waals surface area contributed by atoms with Gasteiger partial charge in [0, 0.05) is 18.7 Å². The third-order valence-electron chi connectivity index (χ3n) is 2.93. The Hall–Kier alpha value is -0.284. The summed E-state index contributed by atoms with van der Waals surface area (Å²) < 4.78 is 36.8. The predicted octanol–water partition coefficient (Wildman–Crippen LogP) is -0.691.